The van der Waals surface area contributed by atoms with Crippen molar-refractivity contribution in [2.24, 2.45) is 0 Å². The lowest BCUT2D eigenvalue weighted by molar-refractivity contribution is -0.120. The van der Waals surface area contributed by atoms with E-state index in [0.717, 1.165) is 22.9 Å². The average molecular weight is 448 g/mol. The maximum absolute atomic E-state index is 14.1. The molecule has 0 aliphatic heterocycles. The van der Waals surface area contributed by atoms with Crippen LogP contribution in [0.5, 0.6) is 0 Å². The zero-order valence-corrected chi connectivity index (χ0v) is 18.2. The maximum Gasteiger partial charge on any atom is 0.234 e. The largest absolute Gasteiger partial charge is 0.344 e. The minimum Gasteiger partial charge on any atom is -0.344 e. The molecule has 0 bridgehead atoms. The molecule has 32 heavy (non-hydrogen) atoms. The van der Waals surface area contributed by atoms with E-state index < -0.39 is 11.1 Å². The molecule has 0 aliphatic carbocycles. The summed E-state index contributed by atoms with van der Waals surface area (Å²) >= 11 is 1.16. The molecule has 0 radical (unpaired) electrons. The van der Waals surface area contributed by atoms with Crippen LogP contribution in [0.25, 0.3) is 11.4 Å². The first-order chi connectivity index (χ1) is 15.5. The number of nitrogens with one attached hydrogen (secondary N) is 1. The SMILES string of the molecule is CC(Sc1nnc(-c2ccccc2F)n1N)C(=O)NC(c1ccccc1)c1ccccc1. The van der Waals surface area contributed by atoms with E-state index in [1.807, 2.05) is 60.7 Å². The summed E-state index contributed by atoms with van der Waals surface area (Å²) in [5.41, 5.74) is 2.21. The van der Waals surface area contributed by atoms with Crippen LogP contribution in [0.4, 0.5) is 4.39 Å². The van der Waals surface area contributed by atoms with Crippen molar-refractivity contribution in [2.75, 3.05) is 5.84 Å². The first kappa shape index (κ1) is 21.6. The van der Waals surface area contributed by atoms with Gasteiger partial charge in [-0.1, -0.05) is 84.6 Å². The van der Waals surface area contributed by atoms with Crippen molar-refractivity contribution in [3.05, 3.63) is 102 Å². The minimum atomic E-state index is -0.509. The van der Waals surface area contributed by atoms with Crippen LogP contribution in [0.2, 0.25) is 0 Å². The monoisotopic (exact) mass is 447 g/mol. The number of hydrogen-bond acceptors (Lipinski definition) is 5. The van der Waals surface area contributed by atoms with Crippen LogP contribution >= 0.6 is 11.8 Å². The molecule has 4 aromatic rings. The maximum atomic E-state index is 14.1. The second-order valence-electron chi connectivity index (χ2n) is 7.18. The van der Waals surface area contributed by atoms with Crippen molar-refractivity contribution in [3.63, 3.8) is 0 Å². The molecule has 0 fully saturated rings. The summed E-state index contributed by atoms with van der Waals surface area (Å²) in [5.74, 6) is 5.69. The number of nitrogens with two attached hydrogens (primary N) is 1. The molecule has 3 N–H and O–H groups in total. The van der Waals surface area contributed by atoms with Crippen LogP contribution in [0.15, 0.2) is 90.1 Å². The molecule has 8 heteroatoms. The fourth-order valence-electron chi connectivity index (χ4n) is 3.30. The Morgan fingerprint density at radius 2 is 1.50 bits per heavy atom. The Morgan fingerprint density at radius 3 is 2.09 bits per heavy atom. The highest BCUT2D eigenvalue weighted by Crippen LogP contribution is 2.27. The van der Waals surface area contributed by atoms with Gasteiger partial charge in [0.15, 0.2) is 5.82 Å². The zero-order valence-electron chi connectivity index (χ0n) is 17.4. The van der Waals surface area contributed by atoms with Crippen molar-refractivity contribution in [3.8, 4) is 11.4 Å². The van der Waals surface area contributed by atoms with Gasteiger partial charge in [-0.15, -0.1) is 10.2 Å². The van der Waals surface area contributed by atoms with E-state index >= 15 is 0 Å². The van der Waals surface area contributed by atoms with E-state index in [-0.39, 0.29) is 23.3 Å². The molecule has 6 nitrogen and oxygen atoms in total. The lowest BCUT2D eigenvalue weighted by atomic mass is 9.98. The smallest absolute Gasteiger partial charge is 0.234 e. The highest BCUT2D eigenvalue weighted by molar-refractivity contribution is 8.00. The predicted molar refractivity (Wildman–Crippen MR) is 124 cm³/mol. The number of nitrogen functional groups attached to an aromatic ring is 1. The number of carbonyl (C=O) groups is 1. The standard InChI is InChI=1S/C24H22FN5OS/c1-16(32-24-29-28-22(30(24)26)19-14-8-9-15-20(19)25)23(31)27-21(17-10-4-2-5-11-17)18-12-6-3-7-13-18/h2-16,21H,26H2,1H3,(H,27,31). The lowest BCUT2D eigenvalue weighted by Gasteiger charge is -2.22. The van der Waals surface area contributed by atoms with Gasteiger partial charge in [0, 0.05) is 0 Å². The van der Waals surface area contributed by atoms with E-state index in [9.17, 15) is 9.18 Å². The van der Waals surface area contributed by atoms with Gasteiger partial charge in [0.25, 0.3) is 0 Å². The van der Waals surface area contributed by atoms with Crippen LogP contribution in [0.1, 0.15) is 24.1 Å². The predicted octanol–water partition coefficient (Wildman–Crippen LogP) is 4.18. The summed E-state index contributed by atoms with van der Waals surface area (Å²) in [6.45, 7) is 1.77. The first-order valence-corrected chi connectivity index (χ1v) is 10.9. The van der Waals surface area contributed by atoms with Crippen LogP contribution in [-0.4, -0.2) is 26.0 Å². The third-order valence-electron chi connectivity index (χ3n) is 4.98. The Balaban J connectivity index is 1.52. The van der Waals surface area contributed by atoms with Crippen molar-refractivity contribution in [1.82, 2.24) is 20.2 Å². The highest BCUT2D eigenvalue weighted by atomic mass is 32.2. The lowest BCUT2D eigenvalue weighted by Crippen LogP contribution is -2.35. The van der Waals surface area contributed by atoms with Crippen LogP contribution in [-0.2, 0) is 4.79 Å². The third kappa shape index (κ3) is 4.65. The van der Waals surface area contributed by atoms with Gasteiger partial charge in [-0.25, -0.2) is 9.07 Å². The summed E-state index contributed by atoms with van der Waals surface area (Å²) in [7, 11) is 0. The number of nitrogens with zero attached hydrogens (tertiary/aromatic N) is 3. The molecule has 1 unspecified atom stereocenters. The second kappa shape index (κ2) is 9.65. The zero-order chi connectivity index (χ0) is 22.5. The number of halogens is 1. The molecule has 0 aliphatic rings. The summed E-state index contributed by atoms with van der Waals surface area (Å²) in [6.07, 6.45) is 0. The summed E-state index contributed by atoms with van der Waals surface area (Å²) in [4.78, 5) is 13.1. The number of thioether (sulfide) groups is 1. The Hall–Kier alpha value is -3.65. The molecule has 4 rings (SSSR count). The molecule has 0 saturated carbocycles. The van der Waals surface area contributed by atoms with E-state index in [1.165, 1.54) is 10.7 Å². The summed E-state index contributed by atoms with van der Waals surface area (Å²) in [6, 6.07) is 25.5. The molecule has 1 aromatic heterocycles. The number of hydrogen-bond donors (Lipinski definition) is 2. The fourth-order valence-corrected chi connectivity index (χ4v) is 4.08. The van der Waals surface area contributed by atoms with E-state index in [1.54, 1.807) is 25.1 Å². The molecule has 1 amide bonds. The van der Waals surface area contributed by atoms with Gasteiger partial charge in [0.1, 0.15) is 5.82 Å². The van der Waals surface area contributed by atoms with E-state index in [4.69, 9.17) is 5.84 Å². The van der Waals surface area contributed by atoms with Crippen molar-refractivity contribution >= 4 is 17.7 Å². The molecule has 1 atom stereocenters. The quantitative estimate of drug-likeness (QED) is 0.328. The Labute approximate surface area is 189 Å². The van der Waals surface area contributed by atoms with Crippen LogP contribution in [0.3, 0.4) is 0 Å². The number of carbonyl (C=O) groups excluding carboxylic acids is 1. The number of amides is 1. The molecule has 3 aromatic carbocycles. The fraction of sp³-hybridized carbons (Fsp3) is 0.125. The Bertz CT molecular complexity index is 1160. The summed E-state index contributed by atoms with van der Waals surface area (Å²) in [5, 5.41) is 11.0. The van der Waals surface area contributed by atoms with Gasteiger partial charge in [0.2, 0.25) is 11.1 Å². The van der Waals surface area contributed by atoms with Crippen molar-refractivity contribution in [2.45, 2.75) is 23.4 Å². The molecule has 1 heterocycles. The van der Waals surface area contributed by atoms with Gasteiger partial charge < -0.3 is 11.2 Å². The number of aromatic nitrogens is 3. The third-order valence-corrected chi connectivity index (χ3v) is 6.04. The molecule has 0 spiro atoms. The van der Waals surface area contributed by atoms with Gasteiger partial charge in [0.05, 0.1) is 16.9 Å². The van der Waals surface area contributed by atoms with Crippen molar-refractivity contribution in [1.29, 1.82) is 0 Å². The molecular weight excluding hydrogens is 425 g/mol. The first-order valence-electron chi connectivity index (χ1n) is 10.1. The normalized spacial score (nSPS) is 12.0. The Kier molecular flexibility index (Phi) is 6.51. The molecular formula is C24H22FN5OS. The van der Waals surface area contributed by atoms with Gasteiger partial charge in [-0.3, -0.25) is 4.79 Å². The van der Waals surface area contributed by atoms with Crippen LogP contribution < -0.4 is 11.2 Å². The van der Waals surface area contributed by atoms with Crippen LogP contribution in [0, 0.1) is 5.82 Å². The van der Waals surface area contributed by atoms with Gasteiger partial charge in [-0.2, -0.15) is 0 Å². The minimum absolute atomic E-state index is 0.178. The molecule has 162 valence electrons. The average Bonchev–Trinajstić information content (AvgIpc) is 3.18. The van der Waals surface area contributed by atoms with E-state index in [2.05, 4.69) is 15.5 Å². The number of rotatable bonds is 7. The second-order valence-corrected chi connectivity index (χ2v) is 8.49. The van der Waals surface area contributed by atoms with E-state index in [0.29, 0.717) is 5.16 Å². The van der Waals surface area contributed by atoms with Gasteiger partial charge in [-0.05, 0) is 30.2 Å². The van der Waals surface area contributed by atoms with Crippen molar-refractivity contribution < 1.29 is 9.18 Å². The van der Waals surface area contributed by atoms with Gasteiger partial charge >= 0.3 is 0 Å². The highest BCUT2D eigenvalue weighted by Gasteiger charge is 2.24. The number of benzene rings is 3. The summed E-state index contributed by atoms with van der Waals surface area (Å²) < 4.78 is 15.3. The molecule has 0 saturated heterocycles. The topological polar surface area (TPSA) is 85.8 Å². The Morgan fingerprint density at radius 1 is 0.938 bits per heavy atom.